The summed E-state index contributed by atoms with van der Waals surface area (Å²) in [6.07, 6.45) is 8.31. The summed E-state index contributed by atoms with van der Waals surface area (Å²) < 4.78 is 5.09. The Bertz CT molecular complexity index is 394. The van der Waals surface area contributed by atoms with Crippen LogP contribution in [0.1, 0.15) is 44.9 Å². The summed E-state index contributed by atoms with van der Waals surface area (Å²) in [5, 5.41) is 2.94. The maximum Gasteiger partial charge on any atom is 0.224 e. The van der Waals surface area contributed by atoms with Crippen LogP contribution in [0, 0.1) is 5.92 Å². The molecule has 0 bridgehead atoms. The first-order chi connectivity index (χ1) is 9.28. The normalized spacial score (nSPS) is 16.1. The Morgan fingerprint density at radius 1 is 1.21 bits per heavy atom. The fourth-order valence-electron chi connectivity index (χ4n) is 2.71. The standard InChI is InChI=1S/C16H23NO2/c1-19-15-10-8-14(9-11-15)17-16(18)12-7-13-5-3-2-4-6-13/h8-11,13H,2-7,12H2,1H3,(H,17,18). The van der Waals surface area contributed by atoms with Crippen LogP contribution < -0.4 is 10.1 Å². The zero-order chi connectivity index (χ0) is 13.5. The van der Waals surface area contributed by atoms with Crippen LogP contribution in [0.3, 0.4) is 0 Å². The topological polar surface area (TPSA) is 38.3 Å². The number of amides is 1. The molecule has 1 saturated carbocycles. The molecule has 0 aromatic heterocycles. The van der Waals surface area contributed by atoms with Gasteiger partial charge < -0.3 is 10.1 Å². The van der Waals surface area contributed by atoms with Crippen molar-refractivity contribution in [2.45, 2.75) is 44.9 Å². The summed E-state index contributed by atoms with van der Waals surface area (Å²) in [5.41, 5.74) is 0.842. The van der Waals surface area contributed by atoms with Gasteiger partial charge in [-0.05, 0) is 36.6 Å². The van der Waals surface area contributed by atoms with Crippen molar-refractivity contribution in [3.05, 3.63) is 24.3 Å². The van der Waals surface area contributed by atoms with Gasteiger partial charge in [0, 0.05) is 12.1 Å². The van der Waals surface area contributed by atoms with E-state index in [1.165, 1.54) is 32.1 Å². The lowest BCUT2D eigenvalue weighted by atomic mass is 9.86. The van der Waals surface area contributed by atoms with E-state index in [9.17, 15) is 4.79 Å². The summed E-state index contributed by atoms with van der Waals surface area (Å²) in [5.74, 6) is 1.69. The third-order valence-electron chi connectivity index (χ3n) is 3.88. The molecule has 19 heavy (non-hydrogen) atoms. The third-order valence-corrected chi connectivity index (χ3v) is 3.88. The van der Waals surface area contributed by atoms with E-state index < -0.39 is 0 Å². The molecule has 0 saturated heterocycles. The summed E-state index contributed by atoms with van der Waals surface area (Å²) >= 11 is 0. The summed E-state index contributed by atoms with van der Waals surface area (Å²) in [6, 6.07) is 7.46. The minimum Gasteiger partial charge on any atom is -0.497 e. The second-order valence-corrected chi connectivity index (χ2v) is 5.32. The van der Waals surface area contributed by atoms with Gasteiger partial charge in [-0.15, -0.1) is 0 Å². The maximum atomic E-state index is 11.9. The van der Waals surface area contributed by atoms with Crippen molar-refractivity contribution in [3.8, 4) is 5.75 Å². The Labute approximate surface area is 115 Å². The lowest BCUT2D eigenvalue weighted by Gasteiger charge is -2.20. The molecule has 1 aliphatic carbocycles. The van der Waals surface area contributed by atoms with Gasteiger partial charge >= 0.3 is 0 Å². The highest BCUT2D eigenvalue weighted by atomic mass is 16.5. The van der Waals surface area contributed by atoms with E-state index in [0.29, 0.717) is 6.42 Å². The number of benzene rings is 1. The van der Waals surface area contributed by atoms with E-state index in [4.69, 9.17) is 4.74 Å². The van der Waals surface area contributed by atoms with Crippen molar-refractivity contribution >= 4 is 11.6 Å². The fraction of sp³-hybridized carbons (Fsp3) is 0.562. The number of carbonyl (C=O) groups excluding carboxylic acids is 1. The number of hydrogen-bond acceptors (Lipinski definition) is 2. The second-order valence-electron chi connectivity index (χ2n) is 5.32. The Morgan fingerprint density at radius 3 is 2.53 bits per heavy atom. The van der Waals surface area contributed by atoms with Crippen LogP contribution in [0.15, 0.2) is 24.3 Å². The van der Waals surface area contributed by atoms with Crippen LogP contribution in [0.25, 0.3) is 0 Å². The van der Waals surface area contributed by atoms with E-state index in [1.807, 2.05) is 24.3 Å². The molecular formula is C16H23NO2. The number of carbonyl (C=O) groups is 1. The first-order valence-electron chi connectivity index (χ1n) is 7.22. The summed E-state index contributed by atoms with van der Waals surface area (Å²) in [7, 11) is 1.64. The van der Waals surface area contributed by atoms with Gasteiger partial charge in [-0.1, -0.05) is 32.1 Å². The van der Waals surface area contributed by atoms with Gasteiger partial charge in [0.1, 0.15) is 5.75 Å². The first kappa shape index (κ1) is 13.9. The number of anilines is 1. The van der Waals surface area contributed by atoms with Gasteiger partial charge in [-0.3, -0.25) is 4.79 Å². The molecule has 3 heteroatoms. The predicted molar refractivity (Wildman–Crippen MR) is 77.4 cm³/mol. The van der Waals surface area contributed by atoms with Gasteiger partial charge in [0.25, 0.3) is 0 Å². The van der Waals surface area contributed by atoms with Crippen molar-refractivity contribution in [1.29, 1.82) is 0 Å². The predicted octanol–water partition coefficient (Wildman–Crippen LogP) is 3.99. The average molecular weight is 261 g/mol. The van der Waals surface area contributed by atoms with Crippen LogP contribution in [-0.2, 0) is 4.79 Å². The Morgan fingerprint density at radius 2 is 1.89 bits per heavy atom. The molecule has 1 aliphatic rings. The van der Waals surface area contributed by atoms with Crippen LogP contribution in [0.2, 0.25) is 0 Å². The molecule has 0 spiro atoms. The minimum absolute atomic E-state index is 0.121. The molecule has 1 aromatic rings. The fourth-order valence-corrected chi connectivity index (χ4v) is 2.71. The molecule has 1 aromatic carbocycles. The van der Waals surface area contributed by atoms with E-state index >= 15 is 0 Å². The third kappa shape index (κ3) is 4.58. The zero-order valence-electron chi connectivity index (χ0n) is 11.7. The largest absolute Gasteiger partial charge is 0.497 e. The quantitative estimate of drug-likeness (QED) is 0.870. The highest BCUT2D eigenvalue weighted by Crippen LogP contribution is 2.27. The molecule has 1 N–H and O–H groups in total. The van der Waals surface area contributed by atoms with Gasteiger partial charge in [-0.25, -0.2) is 0 Å². The summed E-state index contributed by atoms with van der Waals surface area (Å²) in [4.78, 5) is 11.9. The van der Waals surface area contributed by atoms with Crippen molar-refractivity contribution in [1.82, 2.24) is 0 Å². The highest BCUT2D eigenvalue weighted by molar-refractivity contribution is 5.90. The second kappa shape index (κ2) is 7.17. The van der Waals surface area contributed by atoms with Gasteiger partial charge in [0.2, 0.25) is 5.91 Å². The number of nitrogens with one attached hydrogen (secondary N) is 1. The van der Waals surface area contributed by atoms with Crippen molar-refractivity contribution in [3.63, 3.8) is 0 Å². The molecular weight excluding hydrogens is 238 g/mol. The molecule has 0 atom stereocenters. The van der Waals surface area contributed by atoms with E-state index in [-0.39, 0.29) is 5.91 Å². The van der Waals surface area contributed by atoms with Crippen LogP contribution >= 0.6 is 0 Å². The monoisotopic (exact) mass is 261 g/mol. The highest BCUT2D eigenvalue weighted by Gasteiger charge is 2.14. The number of hydrogen-bond donors (Lipinski definition) is 1. The number of ether oxygens (including phenoxy) is 1. The molecule has 1 amide bonds. The molecule has 104 valence electrons. The smallest absolute Gasteiger partial charge is 0.224 e. The molecule has 0 heterocycles. The van der Waals surface area contributed by atoms with Crippen LogP contribution in [0.4, 0.5) is 5.69 Å². The Kier molecular flexibility index (Phi) is 5.25. The number of rotatable bonds is 5. The van der Waals surface area contributed by atoms with E-state index in [2.05, 4.69) is 5.32 Å². The van der Waals surface area contributed by atoms with E-state index in [0.717, 1.165) is 23.8 Å². The van der Waals surface area contributed by atoms with Gasteiger partial charge in [-0.2, -0.15) is 0 Å². The Balaban J connectivity index is 1.73. The lowest BCUT2D eigenvalue weighted by Crippen LogP contribution is -2.14. The summed E-state index contributed by atoms with van der Waals surface area (Å²) in [6.45, 7) is 0. The molecule has 2 rings (SSSR count). The SMILES string of the molecule is COc1ccc(NC(=O)CCC2CCCCC2)cc1. The van der Waals surface area contributed by atoms with E-state index in [1.54, 1.807) is 7.11 Å². The molecule has 0 radical (unpaired) electrons. The first-order valence-corrected chi connectivity index (χ1v) is 7.22. The van der Waals surface area contributed by atoms with Gasteiger partial charge in [0.15, 0.2) is 0 Å². The zero-order valence-corrected chi connectivity index (χ0v) is 11.7. The minimum atomic E-state index is 0.121. The maximum absolute atomic E-state index is 11.9. The number of methoxy groups -OCH3 is 1. The van der Waals surface area contributed by atoms with Gasteiger partial charge in [0.05, 0.1) is 7.11 Å². The van der Waals surface area contributed by atoms with Crippen molar-refractivity contribution < 1.29 is 9.53 Å². The van der Waals surface area contributed by atoms with Crippen LogP contribution in [0.5, 0.6) is 5.75 Å². The van der Waals surface area contributed by atoms with Crippen LogP contribution in [-0.4, -0.2) is 13.0 Å². The van der Waals surface area contributed by atoms with Crippen molar-refractivity contribution in [2.24, 2.45) is 5.92 Å². The molecule has 1 fully saturated rings. The lowest BCUT2D eigenvalue weighted by molar-refractivity contribution is -0.116. The molecule has 0 aliphatic heterocycles. The molecule has 0 unspecified atom stereocenters. The molecule has 3 nitrogen and oxygen atoms in total. The van der Waals surface area contributed by atoms with Crippen molar-refractivity contribution in [2.75, 3.05) is 12.4 Å². The average Bonchev–Trinajstić information content (AvgIpc) is 2.47. The Hall–Kier alpha value is -1.51.